The summed E-state index contributed by atoms with van der Waals surface area (Å²) in [5.41, 5.74) is 7.05. The highest BCUT2D eigenvalue weighted by atomic mass is 35.5. The van der Waals surface area contributed by atoms with Crippen LogP contribution in [0.1, 0.15) is 25.8 Å². The average molecular weight is 307 g/mol. The van der Waals surface area contributed by atoms with Crippen LogP contribution in [-0.2, 0) is 11.3 Å². The number of carbonyl (C=O) groups is 1. The number of halogens is 1. The molecule has 0 spiro atoms. The highest BCUT2D eigenvalue weighted by molar-refractivity contribution is 5.87. The Labute approximate surface area is 132 Å². The van der Waals surface area contributed by atoms with E-state index in [1.165, 1.54) is 10.8 Å². The van der Waals surface area contributed by atoms with Crippen LogP contribution >= 0.6 is 12.4 Å². The second kappa shape index (κ2) is 8.01. The number of nitrogens with two attached hydrogens (primary N) is 1. The van der Waals surface area contributed by atoms with Gasteiger partial charge in [0, 0.05) is 6.54 Å². The van der Waals surface area contributed by atoms with Crippen LogP contribution in [0.5, 0.6) is 0 Å². The smallest absolute Gasteiger partial charge is 0.237 e. The first kappa shape index (κ1) is 17.5. The molecule has 2 aromatic rings. The van der Waals surface area contributed by atoms with Crippen molar-refractivity contribution in [1.82, 2.24) is 5.32 Å². The van der Waals surface area contributed by atoms with Gasteiger partial charge in [-0.15, -0.1) is 12.4 Å². The van der Waals surface area contributed by atoms with E-state index in [4.69, 9.17) is 5.73 Å². The van der Waals surface area contributed by atoms with Crippen molar-refractivity contribution in [3.05, 3.63) is 48.0 Å². The number of hydrogen-bond acceptors (Lipinski definition) is 2. The van der Waals surface area contributed by atoms with E-state index in [2.05, 4.69) is 23.5 Å². The van der Waals surface area contributed by atoms with Gasteiger partial charge >= 0.3 is 0 Å². The Kier molecular flexibility index (Phi) is 6.66. The monoisotopic (exact) mass is 306 g/mol. The van der Waals surface area contributed by atoms with Crippen LogP contribution in [-0.4, -0.2) is 11.9 Å². The lowest BCUT2D eigenvalue weighted by Gasteiger charge is -2.18. The molecule has 0 aliphatic carbocycles. The number of nitrogens with one attached hydrogen (secondary N) is 1. The zero-order chi connectivity index (χ0) is 14.5. The summed E-state index contributed by atoms with van der Waals surface area (Å²) in [5.74, 6) is 0.120. The van der Waals surface area contributed by atoms with Gasteiger partial charge < -0.3 is 11.1 Å². The fourth-order valence-corrected chi connectivity index (χ4v) is 2.26. The molecule has 4 heteroatoms. The molecule has 0 radical (unpaired) electrons. The van der Waals surface area contributed by atoms with E-state index in [0.29, 0.717) is 6.54 Å². The molecule has 0 aliphatic heterocycles. The lowest BCUT2D eigenvalue weighted by Crippen LogP contribution is -2.44. The third kappa shape index (κ3) is 4.19. The van der Waals surface area contributed by atoms with Crippen molar-refractivity contribution in [2.45, 2.75) is 32.9 Å². The predicted octanol–water partition coefficient (Wildman–Crippen LogP) is 3.25. The number of fused-ring (bicyclic) bond motifs is 1. The average Bonchev–Trinajstić information content (AvgIpc) is 2.50. The van der Waals surface area contributed by atoms with Crippen molar-refractivity contribution in [2.24, 2.45) is 11.7 Å². The van der Waals surface area contributed by atoms with E-state index in [1.54, 1.807) is 0 Å². The zero-order valence-electron chi connectivity index (χ0n) is 12.5. The minimum atomic E-state index is -0.435. The Morgan fingerprint density at radius 1 is 1.19 bits per heavy atom. The summed E-state index contributed by atoms with van der Waals surface area (Å²) >= 11 is 0. The van der Waals surface area contributed by atoms with Gasteiger partial charge in [-0.2, -0.15) is 0 Å². The Morgan fingerprint density at radius 3 is 2.57 bits per heavy atom. The molecule has 0 bridgehead atoms. The minimum Gasteiger partial charge on any atom is -0.351 e. The maximum absolute atomic E-state index is 12.0. The number of benzene rings is 2. The summed E-state index contributed by atoms with van der Waals surface area (Å²) in [6, 6.07) is 13.9. The Hall–Kier alpha value is -1.58. The molecule has 0 saturated heterocycles. The van der Waals surface area contributed by atoms with E-state index >= 15 is 0 Å². The molecule has 0 heterocycles. The first-order valence-electron chi connectivity index (χ1n) is 7.13. The normalized spacial score (nSPS) is 13.3. The van der Waals surface area contributed by atoms with Gasteiger partial charge in [0.2, 0.25) is 5.91 Å². The molecule has 21 heavy (non-hydrogen) atoms. The van der Waals surface area contributed by atoms with Gasteiger partial charge in [-0.1, -0.05) is 62.7 Å². The highest BCUT2D eigenvalue weighted by Crippen LogP contribution is 2.18. The molecule has 3 N–H and O–H groups in total. The lowest BCUT2D eigenvalue weighted by molar-refractivity contribution is -0.123. The fraction of sp³-hybridized carbons (Fsp3) is 0.353. The summed E-state index contributed by atoms with van der Waals surface area (Å²) in [6.07, 6.45) is 0.906. The van der Waals surface area contributed by atoms with Crippen molar-refractivity contribution < 1.29 is 4.79 Å². The molecule has 0 saturated carbocycles. The van der Waals surface area contributed by atoms with Crippen LogP contribution in [0.4, 0.5) is 0 Å². The zero-order valence-corrected chi connectivity index (χ0v) is 13.3. The van der Waals surface area contributed by atoms with Gasteiger partial charge in [0.15, 0.2) is 0 Å². The quantitative estimate of drug-likeness (QED) is 0.891. The lowest BCUT2D eigenvalue weighted by atomic mass is 9.99. The van der Waals surface area contributed by atoms with E-state index in [9.17, 15) is 4.79 Å². The van der Waals surface area contributed by atoms with Crippen LogP contribution in [0.15, 0.2) is 42.5 Å². The van der Waals surface area contributed by atoms with Crippen LogP contribution in [0.2, 0.25) is 0 Å². The number of carbonyl (C=O) groups excluding carboxylic acids is 1. The van der Waals surface area contributed by atoms with Crippen molar-refractivity contribution in [3.8, 4) is 0 Å². The molecule has 0 aliphatic rings. The highest BCUT2D eigenvalue weighted by Gasteiger charge is 2.18. The van der Waals surface area contributed by atoms with Crippen LogP contribution in [0, 0.1) is 5.92 Å². The molecular weight excluding hydrogens is 284 g/mol. The van der Waals surface area contributed by atoms with Gasteiger partial charge in [0.25, 0.3) is 0 Å². The van der Waals surface area contributed by atoms with E-state index in [0.717, 1.165) is 12.0 Å². The molecular formula is C17H23ClN2O. The van der Waals surface area contributed by atoms with E-state index < -0.39 is 6.04 Å². The van der Waals surface area contributed by atoms with Gasteiger partial charge in [0.05, 0.1) is 6.04 Å². The minimum absolute atomic E-state index is 0. The molecule has 114 valence electrons. The van der Waals surface area contributed by atoms with Crippen LogP contribution in [0.3, 0.4) is 0 Å². The van der Waals surface area contributed by atoms with Gasteiger partial charge in [0.1, 0.15) is 0 Å². The van der Waals surface area contributed by atoms with Gasteiger partial charge in [-0.05, 0) is 22.3 Å². The first-order valence-corrected chi connectivity index (χ1v) is 7.13. The Morgan fingerprint density at radius 2 is 1.86 bits per heavy atom. The summed E-state index contributed by atoms with van der Waals surface area (Å²) in [6.45, 7) is 4.56. The number of rotatable bonds is 5. The molecule has 2 unspecified atom stereocenters. The van der Waals surface area contributed by atoms with Crippen LogP contribution in [0.25, 0.3) is 10.8 Å². The molecule has 3 nitrogen and oxygen atoms in total. The van der Waals surface area contributed by atoms with Gasteiger partial charge in [-0.3, -0.25) is 4.79 Å². The molecule has 1 amide bonds. The van der Waals surface area contributed by atoms with Crippen molar-refractivity contribution in [1.29, 1.82) is 0 Å². The van der Waals surface area contributed by atoms with Crippen molar-refractivity contribution in [3.63, 3.8) is 0 Å². The summed E-state index contributed by atoms with van der Waals surface area (Å²) in [5, 5.41) is 5.30. The van der Waals surface area contributed by atoms with Crippen LogP contribution < -0.4 is 11.1 Å². The molecule has 0 fully saturated rings. The standard InChI is InChI=1S/C17H22N2O.ClH/c1-3-12(2)16(18)17(20)19-11-14-9-6-8-13-7-4-5-10-15(13)14;/h4-10,12,16H,3,11,18H2,1-2H3,(H,19,20);1H. The molecule has 0 aromatic heterocycles. The summed E-state index contributed by atoms with van der Waals surface area (Å²) in [4.78, 5) is 12.0. The Balaban J connectivity index is 0.00000220. The van der Waals surface area contributed by atoms with Crippen molar-refractivity contribution in [2.75, 3.05) is 0 Å². The molecule has 2 rings (SSSR count). The van der Waals surface area contributed by atoms with E-state index in [-0.39, 0.29) is 24.2 Å². The molecule has 2 aromatic carbocycles. The van der Waals surface area contributed by atoms with Gasteiger partial charge in [-0.25, -0.2) is 0 Å². The third-order valence-corrected chi connectivity index (χ3v) is 3.89. The Bertz CT molecular complexity index is 595. The van der Waals surface area contributed by atoms with E-state index in [1.807, 2.05) is 38.1 Å². The number of hydrogen-bond donors (Lipinski definition) is 2. The fourth-order valence-electron chi connectivity index (χ4n) is 2.26. The maximum Gasteiger partial charge on any atom is 0.237 e. The first-order chi connectivity index (χ1) is 9.63. The largest absolute Gasteiger partial charge is 0.351 e. The SMILES string of the molecule is CCC(C)C(N)C(=O)NCc1cccc2ccccc12.Cl. The second-order valence-electron chi connectivity index (χ2n) is 5.27. The predicted molar refractivity (Wildman–Crippen MR) is 90.5 cm³/mol. The third-order valence-electron chi connectivity index (χ3n) is 3.89. The summed E-state index contributed by atoms with van der Waals surface area (Å²) in [7, 11) is 0. The number of amides is 1. The molecule has 2 atom stereocenters. The van der Waals surface area contributed by atoms with Crippen molar-refractivity contribution >= 4 is 29.1 Å². The topological polar surface area (TPSA) is 55.1 Å². The summed E-state index contributed by atoms with van der Waals surface area (Å²) < 4.78 is 0. The second-order valence-corrected chi connectivity index (χ2v) is 5.27. The maximum atomic E-state index is 12.0.